The van der Waals surface area contributed by atoms with Crippen molar-refractivity contribution in [3.63, 3.8) is 0 Å². The van der Waals surface area contributed by atoms with Crippen LogP contribution in [0.25, 0.3) is 0 Å². The first kappa shape index (κ1) is 17.3. The number of amides is 2. The number of carbonyl (C=O) groups excluding carboxylic acids is 2. The van der Waals surface area contributed by atoms with E-state index in [1.54, 1.807) is 12.3 Å². The highest BCUT2D eigenvalue weighted by Gasteiger charge is 2.55. The van der Waals surface area contributed by atoms with Crippen molar-refractivity contribution in [2.45, 2.75) is 50.1 Å². The smallest absolute Gasteiger partial charge is 0.330 e. The predicted octanol–water partition coefficient (Wildman–Crippen LogP) is 0.388. The second kappa shape index (κ2) is 7.03. The number of carboxylic acid groups (broad SMARTS) is 2. The van der Waals surface area contributed by atoms with Crippen molar-refractivity contribution in [3.8, 4) is 0 Å². The molecular weight excluding hydrogens is 324 g/mol. The van der Waals surface area contributed by atoms with Crippen LogP contribution in [0.3, 0.4) is 0 Å². The molecule has 2 amide bonds. The van der Waals surface area contributed by atoms with Crippen LogP contribution in [0.4, 0.5) is 0 Å². The minimum absolute atomic E-state index is 0.00621. The minimum atomic E-state index is -1.09. The van der Waals surface area contributed by atoms with E-state index in [4.69, 9.17) is 5.11 Å². The number of nitrogens with zero attached hydrogens (tertiary/aromatic N) is 1. The highest BCUT2D eigenvalue weighted by atomic mass is 32.2. The van der Waals surface area contributed by atoms with E-state index in [0.29, 0.717) is 18.4 Å². The van der Waals surface area contributed by atoms with Gasteiger partial charge >= 0.3 is 11.9 Å². The number of β-lactam (4-membered cyclic amide) rings is 1. The molecule has 8 nitrogen and oxygen atoms in total. The number of aliphatic carboxylic acids is 2. The summed E-state index contributed by atoms with van der Waals surface area (Å²) in [5, 5.41) is 21.7. The minimum Gasteiger partial charge on any atom is -0.481 e. The first-order chi connectivity index (χ1) is 10.8. The Morgan fingerprint density at radius 2 is 1.91 bits per heavy atom. The summed E-state index contributed by atoms with van der Waals surface area (Å²) in [6.07, 6.45) is 0.976. The average Bonchev–Trinajstić information content (AvgIpc) is 2.48. The molecule has 1 unspecified atom stereocenters. The monoisotopic (exact) mass is 342 g/mol. The van der Waals surface area contributed by atoms with Crippen molar-refractivity contribution in [2.75, 3.05) is 0 Å². The van der Waals surface area contributed by atoms with Gasteiger partial charge in [0, 0.05) is 12.8 Å². The lowest BCUT2D eigenvalue weighted by atomic mass is 9.98. The van der Waals surface area contributed by atoms with E-state index in [1.807, 2.05) is 0 Å². The van der Waals surface area contributed by atoms with Gasteiger partial charge in [-0.25, -0.2) is 4.79 Å². The number of rotatable bonds is 7. The van der Waals surface area contributed by atoms with Gasteiger partial charge in [0.25, 0.3) is 0 Å². The Bertz CT molecular complexity index is 576. The largest absolute Gasteiger partial charge is 0.481 e. The topological polar surface area (TPSA) is 124 Å². The summed E-state index contributed by atoms with van der Waals surface area (Å²) in [4.78, 5) is 46.9. The maximum atomic E-state index is 12.1. The lowest BCUT2D eigenvalue weighted by molar-refractivity contribution is -0.160. The van der Waals surface area contributed by atoms with Crippen LogP contribution in [0.2, 0.25) is 0 Å². The maximum Gasteiger partial charge on any atom is 0.330 e. The Morgan fingerprint density at radius 1 is 1.26 bits per heavy atom. The number of hydrogen-bond acceptors (Lipinski definition) is 5. The van der Waals surface area contributed by atoms with Crippen molar-refractivity contribution in [3.05, 3.63) is 11.0 Å². The molecule has 0 aromatic rings. The molecule has 0 aliphatic carbocycles. The Hall–Kier alpha value is -2.03. The molecule has 1 saturated heterocycles. The van der Waals surface area contributed by atoms with E-state index in [9.17, 15) is 24.3 Å². The lowest BCUT2D eigenvalue weighted by Gasteiger charge is -2.51. The Morgan fingerprint density at radius 3 is 2.52 bits per heavy atom. The molecule has 0 aromatic heterocycles. The zero-order valence-electron chi connectivity index (χ0n) is 12.5. The molecule has 9 heteroatoms. The van der Waals surface area contributed by atoms with Crippen LogP contribution < -0.4 is 5.32 Å². The van der Waals surface area contributed by atoms with Gasteiger partial charge in [0.2, 0.25) is 11.8 Å². The van der Waals surface area contributed by atoms with Crippen LogP contribution in [0, 0.1) is 0 Å². The molecule has 0 aromatic carbocycles. The van der Waals surface area contributed by atoms with Gasteiger partial charge in [-0.05, 0) is 30.7 Å². The van der Waals surface area contributed by atoms with E-state index < -0.39 is 35.3 Å². The summed E-state index contributed by atoms with van der Waals surface area (Å²) in [7, 11) is 0. The molecule has 0 spiro atoms. The molecule has 1 fully saturated rings. The zero-order valence-corrected chi connectivity index (χ0v) is 13.3. The first-order valence-electron chi connectivity index (χ1n) is 7.21. The molecular formula is C14H18N2O6S. The number of fused-ring (bicyclic) bond motifs is 1. The Kier molecular flexibility index (Phi) is 5.30. The third kappa shape index (κ3) is 3.66. The SMILES string of the molecule is CC1=CS[C@@H]2[C@H](NC(=O)CCCCC(=O)O)C(=O)N2C1C(=O)O. The van der Waals surface area contributed by atoms with Crippen LogP contribution in [-0.4, -0.2) is 56.3 Å². The molecule has 3 N–H and O–H groups in total. The second-order valence-corrected chi connectivity index (χ2v) is 6.51. The molecule has 0 bridgehead atoms. The molecule has 2 aliphatic rings. The van der Waals surface area contributed by atoms with Gasteiger partial charge in [0.15, 0.2) is 6.04 Å². The Balaban J connectivity index is 1.87. The summed E-state index contributed by atoms with van der Waals surface area (Å²) in [5.41, 5.74) is 0.588. The number of thioether (sulfide) groups is 1. The predicted molar refractivity (Wildman–Crippen MR) is 81.4 cm³/mol. The van der Waals surface area contributed by atoms with Gasteiger partial charge in [-0.15, -0.1) is 11.8 Å². The molecule has 0 saturated carbocycles. The Labute approximate surface area is 136 Å². The number of carbonyl (C=O) groups is 4. The van der Waals surface area contributed by atoms with Crippen molar-refractivity contribution in [1.29, 1.82) is 0 Å². The van der Waals surface area contributed by atoms with Crippen molar-refractivity contribution >= 4 is 35.5 Å². The molecule has 3 atom stereocenters. The van der Waals surface area contributed by atoms with E-state index in [2.05, 4.69) is 5.32 Å². The van der Waals surface area contributed by atoms with Gasteiger partial charge in [0.05, 0.1) is 0 Å². The fraction of sp³-hybridized carbons (Fsp3) is 0.571. The fourth-order valence-electron chi connectivity index (χ4n) is 2.62. The fourth-order valence-corrected chi connectivity index (χ4v) is 3.80. The summed E-state index contributed by atoms with van der Waals surface area (Å²) < 4.78 is 0. The van der Waals surface area contributed by atoms with Gasteiger partial charge in [0.1, 0.15) is 11.4 Å². The lowest BCUT2D eigenvalue weighted by Crippen LogP contribution is -2.73. The maximum absolute atomic E-state index is 12.1. The van der Waals surface area contributed by atoms with Gasteiger partial charge < -0.3 is 20.4 Å². The van der Waals surface area contributed by atoms with E-state index in [-0.39, 0.29) is 18.7 Å². The summed E-state index contributed by atoms with van der Waals surface area (Å²) in [6, 6.07) is -1.70. The third-order valence-electron chi connectivity index (χ3n) is 3.78. The van der Waals surface area contributed by atoms with Crippen LogP contribution >= 0.6 is 11.8 Å². The van der Waals surface area contributed by atoms with E-state index >= 15 is 0 Å². The van der Waals surface area contributed by atoms with Gasteiger partial charge in [-0.1, -0.05) is 0 Å². The molecule has 2 heterocycles. The molecule has 0 radical (unpaired) electrons. The summed E-state index contributed by atoms with van der Waals surface area (Å²) in [5.74, 6) is -2.72. The third-order valence-corrected chi connectivity index (χ3v) is 5.06. The van der Waals surface area contributed by atoms with Gasteiger partial charge in [-0.2, -0.15) is 0 Å². The highest BCUT2D eigenvalue weighted by molar-refractivity contribution is 8.02. The highest BCUT2D eigenvalue weighted by Crippen LogP contribution is 2.39. The standard InChI is InChI=1S/C14H18N2O6S/c1-7-6-23-13-10(12(20)16(13)11(7)14(21)22)15-8(17)4-2-3-5-9(18)19/h6,10-11,13H,2-5H2,1H3,(H,15,17)(H,18,19)(H,21,22)/t10-,11?,13-/m1/s1. The molecule has 2 aliphatic heterocycles. The molecule has 2 rings (SSSR count). The van der Waals surface area contributed by atoms with Crippen molar-refractivity contribution in [2.24, 2.45) is 0 Å². The van der Waals surface area contributed by atoms with E-state index in [1.165, 1.54) is 16.7 Å². The normalized spacial score (nSPS) is 26.0. The molecule has 126 valence electrons. The first-order valence-corrected chi connectivity index (χ1v) is 8.15. The van der Waals surface area contributed by atoms with E-state index in [0.717, 1.165) is 0 Å². The van der Waals surface area contributed by atoms with Gasteiger partial charge in [-0.3, -0.25) is 14.4 Å². The van der Waals surface area contributed by atoms with Crippen molar-refractivity contribution < 1.29 is 29.4 Å². The number of carboxylic acids is 2. The zero-order chi connectivity index (χ0) is 17.1. The number of hydrogen-bond donors (Lipinski definition) is 3. The number of nitrogens with one attached hydrogen (secondary N) is 1. The van der Waals surface area contributed by atoms with Crippen LogP contribution in [0.15, 0.2) is 11.0 Å². The number of unbranched alkanes of at least 4 members (excludes halogenated alkanes) is 1. The quantitative estimate of drug-likeness (QED) is 0.451. The average molecular weight is 342 g/mol. The molecule has 23 heavy (non-hydrogen) atoms. The van der Waals surface area contributed by atoms with Crippen LogP contribution in [0.5, 0.6) is 0 Å². The van der Waals surface area contributed by atoms with Crippen molar-refractivity contribution in [1.82, 2.24) is 10.2 Å². The van der Waals surface area contributed by atoms with Crippen LogP contribution in [0.1, 0.15) is 32.6 Å². The van der Waals surface area contributed by atoms with Crippen LogP contribution in [-0.2, 0) is 19.2 Å². The summed E-state index contributed by atoms with van der Waals surface area (Å²) >= 11 is 1.32. The summed E-state index contributed by atoms with van der Waals surface area (Å²) in [6.45, 7) is 1.66. The second-order valence-electron chi connectivity index (χ2n) is 5.52.